The predicted octanol–water partition coefficient (Wildman–Crippen LogP) is 0.829. The number of carbonyl (C=O) groups excluding carboxylic acids is 2. The maximum atomic E-state index is 12.4. The summed E-state index contributed by atoms with van der Waals surface area (Å²) >= 11 is 0. The quantitative estimate of drug-likeness (QED) is 0.892. The third-order valence-electron chi connectivity index (χ3n) is 3.81. The van der Waals surface area contributed by atoms with Gasteiger partial charge in [0.1, 0.15) is 6.04 Å². The molecule has 0 bridgehead atoms. The molecule has 2 rings (SSSR count). The van der Waals surface area contributed by atoms with Crippen molar-refractivity contribution >= 4 is 21.7 Å². The molecule has 1 unspecified atom stereocenters. The summed E-state index contributed by atoms with van der Waals surface area (Å²) in [5, 5.41) is 2.18. The van der Waals surface area contributed by atoms with E-state index in [9.17, 15) is 18.0 Å². The van der Waals surface area contributed by atoms with Crippen LogP contribution >= 0.6 is 0 Å². The molecule has 0 aliphatic carbocycles. The van der Waals surface area contributed by atoms with Gasteiger partial charge in [0.2, 0.25) is 5.91 Å². The number of hydrogen-bond acceptors (Lipinski definition) is 4. The van der Waals surface area contributed by atoms with Crippen LogP contribution in [0.1, 0.15) is 31.1 Å². The van der Waals surface area contributed by atoms with Crippen LogP contribution in [-0.4, -0.2) is 49.5 Å². The zero-order valence-electron chi connectivity index (χ0n) is 12.9. The molecule has 7 heteroatoms. The molecule has 0 radical (unpaired) electrons. The standard InChI is InChI=1S/C15H20N2O4S/c1-10(2)22(20,21)13-6-4-12(5-7-13)15(19)17-9-8-16-14(18)11(17)3/h4-7,10-11H,8-9H2,1-3H3,(H,16,18). The van der Waals surface area contributed by atoms with Gasteiger partial charge in [0.25, 0.3) is 5.91 Å². The number of nitrogens with zero attached hydrogens (tertiary/aromatic N) is 1. The molecule has 1 fully saturated rings. The van der Waals surface area contributed by atoms with E-state index in [0.29, 0.717) is 18.7 Å². The van der Waals surface area contributed by atoms with E-state index in [1.165, 1.54) is 29.2 Å². The van der Waals surface area contributed by atoms with Crippen molar-refractivity contribution in [2.45, 2.75) is 37.0 Å². The first-order valence-corrected chi connectivity index (χ1v) is 8.72. The van der Waals surface area contributed by atoms with Gasteiger partial charge in [-0.05, 0) is 45.0 Å². The number of amides is 2. The van der Waals surface area contributed by atoms with Crippen LogP contribution in [0.3, 0.4) is 0 Å². The van der Waals surface area contributed by atoms with Crippen LogP contribution in [-0.2, 0) is 14.6 Å². The Balaban J connectivity index is 2.24. The number of carbonyl (C=O) groups is 2. The molecule has 120 valence electrons. The van der Waals surface area contributed by atoms with Gasteiger partial charge in [0.15, 0.2) is 9.84 Å². The number of hydrogen-bond donors (Lipinski definition) is 1. The summed E-state index contributed by atoms with van der Waals surface area (Å²) in [5.74, 6) is -0.450. The van der Waals surface area contributed by atoms with Crippen molar-refractivity contribution in [2.24, 2.45) is 0 Å². The van der Waals surface area contributed by atoms with Crippen LogP contribution < -0.4 is 5.32 Å². The first-order chi connectivity index (χ1) is 10.2. The van der Waals surface area contributed by atoms with Crippen molar-refractivity contribution in [3.63, 3.8) is 0 Å². The molecule has 1 aromatic carbocycles. The molecule has 1 aromatic rings. The lowest BCUT2D eigenvalue weighted by atomic mass is 10.1. The largest absolute Gasteiger partial charge is 0.353 e. The molecular formula is C15H20N2O4S. The summed E-state index contributed by atoms with van der Waals surface area (Å²) in [6.45, 7) is 5.77. The zero-order chi connectivity index (χ0) is 16.5. The van der Waals surface area contributed by atoms with Gasteiger partial charge in [-0.15, -0.1) is 0 Å². The minimum absolute atomic E-state index is 0.182. The van der Waals surface area contributed by atoms with E-state index in [1.807, 2.05) is 0 Å². The second kappa shape index (κ2) is 6.08. The highest BCUT2D eigenvalue weighted by Gasteiger charge is 2.30. The minimum atomic E-state index is -3.35. The van der Waals surface area contributed by atoms with Crippen molar-refractivity contribution in [1.29, 1.82) is 0 Å². The topological polar surface area (TPSA) is 83.6 Å². The summed E-state index contributed by atoms with van der Waals surface area (Å²) in [6.07, 6.45) is 0. The van der Waals surface area contributed by atoms with Crippen molar-refractivity contribution in [3.8, 4) is 0 Å². The molecule has 0 aromatic heterocycles. The average Bonchev–Trinajstić information content (AvgIpc) is 2.49. The van der Waals surface area contributed by atoms with Gasteiger partial charge in [0, 0.05) is 18.7 Å². The Morgan fingerprint density at radius 1 is 1.27 bits per heavy atom. The van der Waals surface area contributed by atoms with Crippen molar-refractivity contribution in [1.82, 2.24) is 10.2 Å². The number of piperazine rings is 1. The van der Waals surface area contributed by atoms with Crippen molar-refractivity contribution in [3.05, 3.63) is 29.8 Å². The van der Waals surface area contributed by atoms with E-state index < -0.39 is 21.1 Å². The SMILES string of the molecule is CC1C(=O)NCCN1C(=O)c1ccc(S(=O)(=O)C(C)C)cc1. The molecule has 1 N–H and O–H groups in total. The van der Waals surface area contributed by atoms with Gasteiger partial charge in [-0.1, -0.05) is 0 Å². The van der Waals surface area contributed by atoms with Crippen molar-refractivity contribution < 1.29 is 18.0 Å². The second-order valence-corrected chi connectivity index (χ2v) is 8.09. The highest BCUT2D eigenvalue weighted by molar-refractivity contribution is 7.92. The lowest BCUT2D eigenvalue weighted by Gasteiger charge is -2.32. The number of benzene rings is 1. The highest BCUT2D eigenvalue weighted by Crippen LogP contribution is 2.18. The molecular weight excluding hydrogens is 304 g/mol. The van der Waals surface area contributed by atoms with Gasteiger partial charge < -0.3 is 10.2 Å². The normalized spacial score (nSPS) is 19.2. The Hall–Kier alpha value is -1.89. The second-order valence-electron chi connectivity index (χ2n) is 5.58. The summed E-state index contributed by atoms with van der Waals surface area (Å²) < 4.78 is 24.1. The first kappa shape index (κ1) is 16.5. The molecule has 0 saturated carbocycles. The van der Waals surface area contributed by atoms with Crippen molar-refractivity contribution in [2.75, 3.05) is 13.1 Å². The van der Waals surface area contributed by atoms with Crippen LogP contribution in [0.4, 0.5) is 0 Å². The monoisotopic (exact) mass is 324 g/mol. The molecule has 1 heterocycles. The van der Waals surface area contributed by atoms with Gasteiger partial charge in [-0.2, -0.15) is 0 Å². The van der Waals surface area contributed by atoms with Gasteiger partial charge in [0.05, 0.1) is 10.1 Å². The molecule has 1 atom stereocenters. The fourth-order valence-corrected chi connectivity index (χ4v) is 3.34. The number of sulfone groups is 1. The highest BCUT2D eigenvalue weighted by atomic mass is 32.2. The third kappa shape index (κ3) is 2.99. The molecule has 1 aliphatic rings. The minimum Gasteiger partial charge on any atom is -0.353 e. The van der Waals surface area contributed by atoms with Crippen LogP contribution in [0.5, 0.6) is 0 Å². The summed E-state index contributed by atoms with van der Waals surface area (Å²) in [6, 6.07) is 5.35. The van der Waals surface area contributed by atoms with E-state index >= 15 is 0 Å². The molecule has 1 aliphatic heterocycles. The molecule has 0 spiro atoms. The third-order valence-corrected chi connectivity index (χ3v) is 5.98. The Kier molecular flexibility index (Phi) is 4.55. The lowest BCUT2D eigenvalue weighted by molar-refractivity contribution is -0.127. The molecule has 1 saturated heterocycles. The first-order valence-electron chi connectivity index (χ1n) is 7.18. The van der Waals surface area contributed by atoms with E-state index in [-0.39, 0.29) is 16.7 Å². The summed E-state index contributed by atoms with van der Waals surface area (Å²) in [7, 11) is -3.35. The smallest absolute Gasteiger partial charge is 0.254 e. The fourth-order valence-electron chi connectivity index (χ4n) is 2.29. The zero-order valence-corrected chi connectivity index (χ0v) is 13.7. The van der Waals surface area contributed by atoms with Gasteiger partial charge in [-0.3, -0.25) is 9.59 Å². The Labute approximate surface area is 130 Å². The van der Waals surface area contributed by atoms with Gasteiger partial charge >= 0.3 is 0 Å². The van der Waals surface area contributed by atoms with E-state index in [4.69, 9.17) is 0 Å². The lowest BCUT2D eigenvalue weighted by Crippen LogP contribution is -2.55. The van der Waals surface area contributed by atoms with Crippen LogP contribution in [0, 0.1) is 0 Å². The molecule has 6 nitrogen and oxygen atoms in total. The predicted molar refractivity (Wildman–Crippen MR) is 82.3 cm³/mol. The maximum Gasteiger partial charge on any atom is 0.254 e. The van der Waals surface area contributed by atoms with Crippen LogP contribution in [0.15, 0.2) is 29.2 Å². The summed E-state index contributed by atoms with van der Waals surface area (Å²) in [5.41, 5.74) is 0.379. The van der Waals surface area contributed by atoms with E-state index in [0.717, 1.165) is 0 Å². The fraction of sp³-hybridized carbons (Fsp3) is 0.467. The summed E-state index contributed by atoms with van der Waals surface area (Å²) in [4.78, 5) is 25.8. The average molecular weight is 324 g/mol. The molecule has 2 amide bonds. The Morgan fingerprint density at radius 2 is 1.86 bits per heavy atom. The van der Waals surface area contributed by atoms with Crippen LogP contribution in [0.2, 0.25) is 0 Å². The molecule has 22 heavy (non-hydrogen) atoms. The van der Waals surface area contributed by atoms with E-state index in [2.05, 4.69) is 5.32 Å². The van der Waals surface area contributed by atoms with Crippen LogP contribution in [0.25, 0.3) is 0 Å². The number of nitrogens with one attached hydrogen (secondary N) is 1. The van der Waals surface area contributed by atoms with Gasteiger partial charge in [-0.25, -0.2) is 8.42 Å². The number of rotatable bonds is 3. The van der Waals surface area contributed by atoms with E-state index in [1.54, 1.807) is 20.8 Å². The Morgan fingerprint density at radius 3 is 2.41 bits per heavy atom. The maximum absolute atomic E-state index is 12.4. The Bertz CT molecular complexity index is 680.